The van der Waals surface area contributed by atoms with Gasteiger partial charge in [-0.3, -0.25) is 14.8 Å². The number of H-pyrrole nitrogens is 1. The largest absolute Gasteiger partial charge is 0.381 e. The molecule has 3 aromatic rings. The number of hydrogen-bond donors (Lipinski definition) is 1. The van der Waals surface area contributed by atoms with Gasteiger partial charge in [-0.05, 0) is 37.7 Å². The number of carbonyl (C=O) groups is 1. The molecule has 214 valence electrons. The Morgan fingerprint density at radius 1 is 1.05 bits per heavy atom. The number of alkyl halides is 4. The van der Waals surface area contributed by atoms with E-state index in [1.54, 1.807) is 24.7 Å². The number of aromatic nitrogens is 4. The van der Waals surface area contributed by atoms with Crippen molar-refractivity contribution in [2.45, 2.75) is 68.1 Å². The number of hydrogen-bond acceptors (Lipinski definition) is 5. The van der Waals surface area contributed by atoms with Gasteiger partial charge < -0.3 is 14.6 Å². The minimum absolute atomic E-state index is 0.0328. The highest BCUT2D eigenvalue weighted by atomic mass is 19.3. The van der Waals surface area contributed by atoms with Crippen molar-refractivity contribution in [3.8, 4) is 0 Å². The molecule has 12 heteroatoms. The highest BCUT2D eigenvalue weighted by molar-refractivity contribution is 5.91. The van der Waals surface area contributed by atoms with Crippen molar-refractivity contribution >= 4 is 16.9 Å². The number of imidazole rings is 1. The summed E-state index contributed by atoms with van der Waals surface area (Å²) >= 11 is 0. The van der Waals surface area contributed by atoms with Crippen LogP contribution in [0.3, 0.4) is 0 Å². The van der Waals surface area contributed by atoms with E-state index in [0.717, 1.165) is 4.90 Å². The monoisotopic (exact) mass is 563 g/mol. The predicted molar refractivity (Wildman–Crippen MR) is 135 cm³/mol. The Morgan fingerprint density at radius 3 is 2.42 bits per heavy atom. The highest BCUT2D eigenvalue weighted by Gasteiger charge is 2.54. The van der Waals surface area contributed by atoms with Crippen molar-refractivity contribution in [1.29, 1.82) is 0 Å². The topological polar surface area (TPSA) is 84.0 Å². The standard InChI is InChI=1S/C28H30F5N5O2/c29-22-20(26(7-11-40-12-8-26)25(39)38-15-28(32,33)16-38)1-2-21-23(22)37-24(36-21)19(13-18-14-34-9-10-35-18)17-3-5-27(30,31)6-4-17/h1-2,9-10,14,17,19H,3-8,11-13,15-16H2,(H,36,37)/t19-/m0/s1. The number of amides is 1. The minimum Gasteiger partial charge on any atom is -0.381 e. The van der Waals surface area contributed by atoms with E-state index < -0.39 is 42.1 Å². The lowest BCUT2D eigenvalue weighted by Crippen LogP contribution is -2.63. The Kier molecular flexibility index (Phi) is 6.79. The molecule has 3 fully saturated rings. The lowest BCUT2D eigenvalue weighted by molar-refractivity contribution is -0.174. The molecule has 1 saturated carbocycles. The molecular weight excluding hydrogens is 533 g/mol. The van der Waals surface area contributed by atoms with Crippen molar-refractivity contribution in [3.05, 3.63) is 53.6 Å². The second-order valence-electron chi connectivity index (χ2n) is 11.4. The van der Waals surface area contributed by atoms with E-state index in [-0.39, 0.29) is 61.8 Å². The van der Waals surface area contributed by atoms with Gasteiger partial charge in [-0.1, -0.05) is 6.07 Å². The number of benzene rings is 1. The third-order valence-corrected chi connectivity index (χ3v) is 8.74. The molecule has 0 bridgehead atoms. The maximum absolute atomic E-state index is 16.3. The van der Waals surface area contributed by atoms with Crippen LogP contribution in [-0.4, -0.2) is 68.9 Å². The van der Waals surface area contributed by atoms with E-state index in [2.05, 4.69) is 19.9 Å². The van der Waals surface area contributed by atoms with Crippen molar-refractivity contribution < 1.29 is 31.5 Å². The number of nitrogens with zero attached hydrogens (tertiary/aromatic N) is 4. The third-order valence-electron chi connectivity index (χ3n) is 8.74. The molecule has 0 unspecified atom stereocenters. The Morgan fingerprint density at radius 2 is 1.77 bits per heavy atom. The van der Waals surface area contributed by atoms with Crippen LogP contribution in [0.1, 0.15) is 61.5 Å². The number of likely N-dealkylation sites (tertiary alicyclic amines) is 1. The van der Waals surface area contributed by atoms with Gasteiger partial charge in [0.1, 0.15) is 11.3 Å². The first-order valence-corrected chi connectivity index (χ1v) is 13.6. The first-order chi connectivity index (χ1) is 19.1. The molecule has 2 saturated heterocycles. The Hall–Kier alpha value is -3.15. The fourth-order valence-electron chi connectivity index (χ4n) is 6.50. The molecule has 40 heavy (non-hydrogen) atoms. The molecule has 3 aliphatic rings. The molecule has 1 N–H and O–H groups in total. The van der Waals surface area contributed by atoms with Gasteiger partial charge in [0.15, 0.2) is 5.82 Å². The fraction of sp³-hybridized carbons (Fsp3) is 0.571. The first-order valence-electron chi connectivity index (χ1n) is 13.6. The summed E-state index contributed by atoms with van der Waals surface area (Å²) in [6.07, 6.45) is 5.58. The van der Waals surface area contributed by atoms with Crippen LogP contribution >= 0.6 is 0 Å². The van der Waals surface area contributed by atoms with Crippen molar-refractivity contribution in [2.24, 2.45) is 5.92 Å². The van der Waals surface area contributed by atoms with Gasteiger partial charge in [-0.15, -0.1) is 0 Å². The Balaban J connectivity index is 1.37. The normalized spacial score (nSPS) is 23.1. The van der Waals surface area contributed by atoms with E-state index in [1.165, 1.54) is 6.07 Å². The zero-order valence-corrected chi connectivity index (χ0v) is 21.8. The average Bonchev–Trinajstić information content (AvgIpc) is 3.36. The predicted octanol–water partition coefficient (Wildman–Crippen LogP) is 5.17. The van der Waals surface area contributed by atoms with Crippen molar-refractivity contribution in [2.75, 3.05) is 26.3 Å². The van der Waals surface area contributed by atoms with Crippen LogP contribution in [0, 0.1) is 11.7 Å². The first kappa shape index (κ1) is 27.0. The molecule has 1 aliphatic carbocycles. The second kappa shape index (κ2) is 10.0. The SMILES string of the molecule is O=C(N1CC(F)(F)C1)C1(c2ccc3[nH]c([C@@H](Cc4cnccn4)C4CCC(F)(F)CC4)nc3c2F)CCOCC1. The lowest BCUT2D eigenvalue weighted by Gasteiger charge is -2.46. The van der Waals surface area contributed by atoms with Gasteiger partial charge in [-0.25, -0.2) is 26.9 Å². The molecule has 7 nitrogen and oxygen atoms in total. The van der Waals surface area contributed by atoms with Crippen LogP contribution in [0.2, 0.25) is 0 Å². The minimum atomic E-state index is -2.94. The second-order valence-corrected chi connectivity index (χ2v) is 11.4. The summed E-state index contributed by atoms with van der Waals surface area (Å²) in [5, 5.41) is 0. The van der Waals surface area contributed by atoms with Gasteiger partial charge in [-0.2, -0.15) is 0 Å². The fourth-order valence-corrected chi connectivity index (χ4v) is 6.50. The average molecular weight is 564 g/mol. The van der Waals surface area contributed by atoms with Gasteiger partial charge >= 0.3 is 0 Å². The molecule has 0 radical (unpaired) electrons. The molecule has 1 amide bonds. The number of rotatable bonds is 6. The molecule has 6 rings (SSSR count). The molecule has 1 aromatic carbocycles. The van der Waals surface area contributed by atoms with Gasteiger partial charge in [0.25, 0.3) is 5.92 Å². The molecule has 0 spiro atoms. The maximum atomic E-state index is 16.3. The quantitative estimate of drug-likeness (QED) is 0.419. The molecule has 2 aromatic heterocycles. The van der Waals surface area contributed by atoms with Crippen LogP contribution in [-0.2, 0) is 21.4 Å². The van der Waals surface area contributed by atoms with E-state index >= 15 is 4.39 Å². The number of carbonyl (C=O) groups excluding carboxylic acids is 1. The Labute approximate surface area is 227 Å². The highest BCUT2D eigenvalue weighted by Crippen LogP contribution is 2.45. The zero-order valence-electron chi connectivity index (χ0n) is 21.8. The number of aromatic amines is 1. The van der Waals surface area contributed by atoms with Gasteiger partial charge in [0.2, 0.25) is 11.8 Å². The Bertz CT molecular complexity index is 1370. The number of halogens is 5. The summed E-state index contributed by atoms with van der Waals surface area (Å²) in [6.45, 7) is -0.970. The number of nitrogens with one attached hydrogen (secondary N) is 1. The van der Waals surface area contributed by atoms with Crippen LogP contribution in [0.25, 0.3) is 11.0 Å². The van der Waals surface area contributed by atoms with Gasteiger partial charge in [0, 0.05) is 62.5 Å². The van der Waals surface area contributed by atoms with Crippen LogP contribution in [0.5, 0.6) is 0 Å². The van der Waals surface area contributed by atoms with Gasteiger partial charge in [0.05, 0.1) is 29.7 Å². The van der Waals surface area contributed by atoms with Crippen LogP contribution in [0.4, 0.5) is 22.0 Å². The molecule has 1 atom stereocenters. The third kappa shape index (κ3) is 4.95. The van der Waals surface area contributed by atoms with Crippen LogP contribution in [0.15, 0.2) is 30.7 Å². The zero-order chi connectivity index (χ0) is 28.1. The smallest absolute Gasteiger partial charge is 0.282 e. The van der Waals surface area contributed by atoms with Crippen molar-refractivity contribution in [3.63, 3.8) is 0 Å². The van der Waals surface area contributed by atoms with E-state index in [0.29, 0.717) is 36.3 Å². The summed E-state index contributed by atoms with van der Waals surface area (Å²) < 4.78 is 76.9. The summed E-state index contributed by atoms with van der Waals surface area (Å²) in [4.78, 5) is 30.9. The summed E-state index contributed by atoms with van der Waals surface area (Å²) in [7, 11) is 0. The maximum Gasteiger partial charge on any atom is 0.282 e. The molecule has 2 aliphatic heterocycles. The lowest BCUT2D eigenvalue weighted by atomic mass is 9.72. The van der Waals surface area contributed by atoms with E-state index in [9.17, 15) is 22.4 Å². The van der Waals surface area contributed by atoms with Crippen molar-refractivity contribution in [1.82, 2.24) is 24.8 Å². The van der Waals surface area contributed by atoms with Crippen LogP contribution < -0.4 is 0 Å². The summed E-state index contributed by atoms with van der Waals surface area (Å²) in [5.41, 5.74) is -0.105. The molecular formula is C28H30F5N5O2. The molecule has 4 heterocycles. The number of fused-ring (bicyclic) bond motifs is 1. The summed E-state index contributed by atoms with van der Waals surface area (Å²) in [6, 6.07) is 3.17. The van der Waals surface area contributed by atoms with E-state index in [4.69, 9.17) is 4.74 Å². The van der Waals surface area contributed by atoms with E-state index in [1.807, 2.05) is 0 Å². The number of ether oxygens (including phenoxy) is 1. The summed E-state index contributed by atoms with van der Waals surface area (Å²) in [5.74, 6) is -6.85.